The molecule has 1 aliphatic rings. The first-order valence-corrected chi connectivity index (χ1v) is 22.5. The number of allylic oxidation sites excluding steroid dienone is 1. The van der Waals surface area contributed by atoms with Crippen LogP contribution in [0.4, 0.5) is 0 Å². The third-order valence-corrected chi connectivity index (χ3v) is 14.5. The molecule has 0 aromatic heterocycles. The SMILES string of the molecule is C/C=C/O[C@H]1O[C@H](CO[Si](C)(C)C(C)(C)C)[C@@H](O)[C@H](OCCCCCCCCCCCC)[C@H]1OCCCCCCCCCCCC. The number of ether oxygens (including phenoxy) is 4. The molecule has 0 aromatic carbocycles. The van der Waals surface area contributed by atoms with E-state index in [9.17, 15) is 5.11 Å². The number of unbranched alkanes of at least 4 members (excludes halogenated alkanes) is 18. The maximum absolute atomic E-state index is 11.6. The Labute approximate surface area is 287 Å². The van der Waals surface area contributed by atoms with Gasteiger partial charge < -0.3 is 28.5 Å². The molecule has 0 radical (unpaired) electrons. The molecule has 1 fully saturated rings. The summed E-state index contributed by atoms with van der Waals surface area (Å²) in [5.41, 5.74) is 0. The molecule has 7 heteroatoms. The molecule has 1 N–H and O–H groups in total. The topological polar surface area (TPSA) is 66.4 Å². The molecule has 0 spiro atoms. The predicted octanol–water partition coefficient (Wildman–Crippen LogP) is 11.3. The van der Waals surface area contributed by atoms with E-state index in [1.807, 2.05) is 13.0 Å². The fourth-order valence-corrected chi connectivity index (χ4v) is 6.80. The number of aliphatic hydroxyl groups excluding tert-OH is 1. The molecule has 0 saturated carbocycles. The summed E-state index contributed by atoms with van der Waals surface area (Å²) in [6.07, 6.45) is 26.0. The van der Waals surface area contributed by atoms with E-state index in [0.717, 1.165) is 25.7 Å². The average molecular weight is 671 g/mol. The summed E-state index contributed by atoms with van der Waals surface area (Å²) in [6.45, 7) is 19.1. The van der Waals surface area contributed by atoms with Crippen molar-refractivity contribution >= 4 is 8.32 Å². The third-order valence-electron chi connectivity index (χ3n) is 10.00. The van der Waals surface area contributed by atoms with E-state index < -0.39 is 39.0 Å². The second kappa shape index (κ2) is 26.4. The Morgan fingerprint density at radius 3 is 1.48 bits per heavy atom. The second-order valence-corrected chi connectivity index (χ2v) is 20.1. The van der Waals surface area contributed by atoms with Gasteiger partial charge in [-0.25, -0.2) is 0 Å². The molecule has 0 amide bonds. The molecule has 5 atom stereocenters. The average Bonchev–Trinajstić information content (AvgIpc) is 3.01. The molecule has 46 heavy (non-hydrogen) atoms. The maximum Gasteiger partial charge on any atom is 0.228 e. The van der Waals surface area contributed by atoms with E-state index in [-0.39, 0.29) is 5.04 Å². The zero-order valence-corrected chi connectivity index (χ0v) is 32.8. The Balaban J connectivity index is 2.72. The van der Waals surface area contributed by atoms with Gasteiger partial charge in [0.25, 0.3) is 0 Å². The summed E-state index contributed by atoms with van der Waals surface area (Å²) in [6, 6.07) is 0. The summed E-state index contributed by atoms with van der Waals surface area (Å²) in [5.74, 6) is 0. The van der Waals surface area contributed by atoms with Crippen molar-refractivity contribution in [2.75, 3.05) is 19.8 Å². The predicted molar refractivity (Wildman–Crippen MR) is 197 cm³/mol. The minimum absolute atomic E-state index is 0.0690. The quantitative estimate of drug-likeness (QED) is 0.0485. The van der Waals surface area contributed by atoms with Crippen LogP contribution in [0.1, 0.15) is 170 Å². The van der Waals surface area contributed by atoms with Crippen LogP contribution >= 0.6 is 0 Å². The summed E-state index contributed by atoms with van der Waals surface area (Å²) in [7, 11) is -2.03. The van der Waals surface area contributed by atoms with Crippen LogP contribution in [-0.4, -0.2) is 64.0 Å². The van der Waals surface area contributed by atoms with E-state index in [0.29, 0.717) is 19.8 Å². The van der Waals surface area contributed by atoms with Crippen LogP contribution in [0, 0.1) is 0 Å². The first kappa shape index (κ1) is 43.6. The zero-order valence-electron chi connectivity index (χ0n) is 31.8. The maximum atomic E-state index is 11.6. The molecule has 0 unspecified atom stereocenters. The number of aliphatic hydroxyl groups is 1. The van der Waals surface area contributed by atoms with E-state index in [2.05, 4.69) is 47.7 Å². The van der Waals surface area contributed by atoms with E-state index in [1.54, 1.807) is 6.26 Å². The number of hydrogen-bond acceptors (Lipinski definition) is 6. The van der Waals surface area contributed by atoms with Gasteiger partial charge in [-0.15, -0.1) is 0 Å². The Hall–Kier alpha value is -0.443. The van der Waals surface area contributed by atoms with Crippen molar-refractivity contribution in [1.29, 1.82) is 0 Å². The largest absolute Gasteiger partial charge is 0.470 e. The van der Waals surface area contributed by atoms with Crippen molar-refractivity contribution < 1.29 is 28.5 Å². The minimum Gasteiger partial charge on any atom is -0.470 e. The minimum atomic E-state index is -2.03. The highest BCUT2D eigenvalue weighted by Gasteiger charge is 2.49. The number of hydrogen-bond donors (Lipinski definition) is 1. The van der Waals surface area contributed by atoms with Crippen molar-refractivity contribution in [3.8, 4) is 0 Å². The molecular formula is C39H78O6Si. The van der Waals surface area contributed by atoms with Gasteiger partial charge in [0.1, 0.15) is 24.4 Å². The van der Waals surface area contributed by atoms with Crippen LogP contribution in [0.15, 0.2) is 12.3 Å². The molecule has 0 aromatic rings. The third kappa shape index (κ3) is 18.9. The van der Waals surface area contributed by atoms with E-state index in [4.69, 9.17) is 23.4 Å². The van der Waals surface area contributed by atoms with Gasteiger partial charge in [-0.3, -0.25) is 0 Å². The Bertz CT molecular complexity index is 724. The fourth-order valence-electron chi connectivity index (χ4n) is 5.79. The first-order chi connectivity index (χ1) is 22.1. The van der Waals surface area contributed by atoms with E-state index >= 15 is 0 Å². The lowest BCUT2D eigenvalue weighted by atomic mass is 9.98. The van der Waals surface area contributed by atoms with Crippen LogP contribution < -0.4 is 0 Å². The lowest BCUT2D eigenvalue weighted by Crippen LogP contribution is -2.61. The van der Waals surface area contributed by atoms with Gasteiger partial charge in [0.2, 0.25) is 6.29 Å². The Kier molecular flexibility index (Phi) is 25.0. The summed E-state index contributed by atoms with van der Waals surface area (Å²) in [4.78, 5) is 0. The standard InChI is InChI=1S/C39H78O6Si/c1-9-12-14-16-18-20-22-24-26-28-31-41-36-35(40)34(33-44-46(7,8)39(4,5)6)45-38(43-30-11-3)37(36)42-32-29-27-25-23-21-19-17-15-13-10-2/h11,30,34-38,40H,9-10,12-29,31-33H2,1-8H3/b30-11+/t34-,35-,36+,37-,38+/m1/s1. The van der Waals surface area contributed by atoms with Crippen LogP contribution in [-0.2, 0) is 23.4 Å². The Morgan fingerprint density at radius 2 is 1.07 bits per heavy atom. The van der Waals surface area contributed by atoms with Crippen LogP contribution in [0.5, 0.6) is 0 Å². The fraction of sp³-hybridized carbons (Fsp3) is 0.949. The van der Waals surface area contributed by atoms with Crippen LogP contribution in [0.3, 0.4) is 0 Å². The van der Waals surface area contributed by atoms with Gasteiger partial charge in [-0.2, -0.15) is 0 Å². The van der Waals surface area contributed by atoms with Crippen LogP contribution in [0.2, 0.25) is 18.1 Å². The highest BCUT2D eigenvalue weighted by atomic mass is 28.4. The number of rotatable bonds is 29. The molecular weight excluding hydrogens is 593 g/mol. The van der Waals surface area contributed by atoms with Gasteiger partial charge in [0.15, 0.2) is 8.32 Å². The molecule has 1 rings (SSSR count). The van der Waals surface area contributed by atoms with Gasteiger partial charge in [-0.05, 0) is 37.9 Å². The van der Waals surface area contributed by atoms with Crippen LogP contribution in [0.25, 0.3) is 0 Å². The van der Waals surface area contributed by atoms with Crippen molar-refractivity contribution in [2.24, 2.45) is 0 Å². The summed E-state index contributed by atoms with van der Waals surface area (Å²) < 4.78 is 31.8. The molecule has 0 aliphatic carbocycles. The lowest BCUT2D eigenvalue weighted by Gasteiger charge is -2.45. The molecule has 274 valence electrons. The molecule has 1 saturated heterocycles. The second-order valence-electron chi connectivity index (χ2n) is 15.2. The van der Waals surface area contributed by atoms with Crippen molar-refractivity contribution in [1.82, 2.24) is 0 Å². The first-order valence-electron chi connectivity index (χ1n) is 19.6. The zero-order chi connectivity index (χ0) is 34.1. The highest BCUT2D eigenvalue weighted by Crippen LogP contribution is 2.37. The van der Waals surface area contributed by atoms with Gasteiger partial charge in [-0.1, -0.05) is 156 Å². The molecule has 6 nitrogen and oxygen atoms in total. The summed E-state index contributed by atoms with van der Waals surface area (Å²) in [5, 5.41) is 11.7. The van der Waals surface area contributed by atoms with E-state index in [1.165, 1.54) is 103 Å². The van der Waals surface area contributed by atoms with Crippen molar-refractivity contribution in [3.63, 3.8) is 0 Å². The molecule has 1 heterocycles. The molecule has 1 aliphatic heterocycles. The normalized spacial score (nSPS) is 22.6. The monoisotopic (exact) mass is 671 g/mol. The van der Waals surface area contributed by atoms with Gasteiger partial charge >= 0.3 is 0 Å². The van der Waals surface area contributed by atoms with Crippen molar-refractivity contribution in [2.45, 2.75) is 219 Å². The Morgan fingerprint density at radius 1 is 0.652 bits per heavy atom. The lowest BCUT2D eigenvalue weighted by molar-refractivity contribution is -0.304. The molecule has 0 bridgehead atoms. The summed E-state index contributed by atoms with van der Waals surface area (Å²) >= 11 is 0. The van der Waals surface area contributed by atoms with Gasteiger partial charge in [0, 0.05) is 13.2 Å². The van der Waals surface area contributed by atoms with Crippen molar-refractivity contribution in [3.05, 3.63) is 12.3 Å². The van der Waals surface area contributed by atoms with Gasteiger partial charge in [0.05, 0.1) is 12.9 Å². The smallest absolute Gasteiger partial charge is 0.228 e. The highest BCUT2D eigenvalue weighted by molar-refractivity contribution is 6.74.